The van der Waals surface area contributed by atoms with Crippen molar-refractivity contribution < 1.29 is 29.6 Å². The second kappa shape index (κ2) is 8.02. The van der Waals surface area contributed by atoms with Gasteiger partial charge in [-0.25, -0.2) is 0 Å². The molecule has 7 heteroatoms. The van der Waals surface area contributed by atoms with Gasteiger partial charge in [0.2, 0.25) is 0 Å². The Labute approximate surface area is 146 Å². The molecule has 0 spiro atoms. The highest BCUT2D eigenvalue weighted by Gasteiger charge is 2.31. The molecule has 0 bridgehead atoms. The van der Waals surface area contributed by atoms with Gasteiger partial charge in [0.05, 0.1) is 25.8 Å². The fraction of sp³-hybridized carbons (Fsp3) is 0.444. The molecule has 0 fully saturated rings. The maximum Gasteiger partial charge on any atom is 0.305 e. The number of esters is 1. The molecule has 1 aromatic carbocycles. The Kier molecular flexibility index (Phi) is 6.03. The molecule has 0 aromatic heterocycles. The van der Waals surface area contributed by atoms with E-state index in [4.69, 9.17) is 5.11 Å². The molecule has 1 aliphatic rings. The minimum absolute atomic E-state index is 0.0965. The highest BCUT2D eigenvalue weighted by molar-refractivity contribution is 6.00. The number of benzene rings is 1. The zero-order valence-electron chi connectivity index (χ0n) is 14.4. The number of β-amino-alcohol motifs (C(OH)–C–C–N with tert-alkyl or cyclic N) is 1. The summed E-state index contributed by atoms with van der Waals surface area (Å²) >= 11 is 0. The molecule has 0 saturated carbocycles. The molecular weight excluding hydrogens is 326 g/mol. The summed E-state index contributed by atoms with van der Waals surface area (Å²) in [5.74, 6) is -0.849. The fourth-order valence-electron chi connectivity index (χ4n) is 2.81. The standard InChI is InChI=1S/C18H23NO6/c1-11(4-6-16(22)25-2)3-5-12-15(21)9-13-14(17(12)23)10-19(7-8-20)18(13)24/h3,9,20-21,23H,4-8,10H2,1-2H3/b11-3+. The van der Waals surface area contributed by atoms with Crippen LogP contribution in [-0.2, 0) is 22.5 Å². The second-order valence-corrected chi connectivity index (χ2v) is 6.03. The first-order valence-electron chi connectivity index (χ1n) is 8.08. The smallest absolute Gasteiger partial charge is 0.305 e. The summed E-state index contributed by atoms with van der Waals surface area (Å²) in [7, 11) is 1.34. The van der Waals surface area contributed by atoms with E-state index in [0.29, 0.717) is 17.5 Å². The third-order valence-corrected chi connectivity index (χ3v) is 4.33. The summed E-state index contributed by atoms with van der Waals surface area (Å²) in [6.45, 7) is 2.08. The van der Waals surface area contributed by atoms with Crippen molar-refractivity contribution in [2.75, 3.05) is 20.3 Å². The number of phenolic OH excluding ortho intramolecular Hbond substituents is 2. The number of fused-ring (bicyclic) bond motifs is 1. The Hall–Kier alpha value is -2.54. The molecule has 7 nitrogen and oxygen atoms in total. The van der Waals surface area contributed by atoms with Crippen LogP contribution in [0, 0.1) is 0 Å². The van der Waals surface area contributed by atoms with Crippen molar-refractivity contribution in [3.05, 3.63) is 34.4 Å². The number of rotatable bonds is 7. The van der Waals surface area contributed by atoms with E-state index in [1.165, 1.54) is 18.1 Å². The van der Waals surface area contributed by atoms with Gasteiger partial charge in [0, 0.05) is 24.1 Å². The first-order chi connectivity index (χ1) is 11.9. The zero-order valence-corrected chi connectivity index (χ0v) is 14.4. The fourth-order valence-corrected chi connectivity index (χ4v) is 2.81. The summed E-state index contributed by atoms with van der Waals surface area (Å²) in [5, 5.41) is 29.6. The third kappa shape index (κ3) is 4.11. The van der Waals surface area contributed by atoms with Crippen molar-refractivity contribution >= 4 is 11.9 Å². The molecule has 0 unspecified atom stereocenters. The van der Waals surface area contributed by atoms with E-state index >= 15 is 0 Å². The van der Waals surface area contributed by atoms with E-state index in [9.17, 15) is 19.8 Å². The minimum Gasteiger partial charge on any atom is -0.507 e. The molecule has 0 atom stereocenters. The van der Waals surface area contributed by atoms with Crippen LogP contribution in [0.1, 0.15) is 41.3 Å². The van der Waals surface area contributed by atoms with Crippen molar-refractivity contribution in [3.8, 4) is 11.5 Å². The molecule has 1 amide bonds. The van der Waals surface area contributed by atoms with Crippen molar-refractivity contribution in [2.45, 2.75) is 32.7 Å². The van der Waals surface area contributed by atoms with Gasteiger partial charge in [0.15, 0.2) is 0 Å². The predicted molar refractivity (Wildman–Crippen MR) is 90.3 cm³/mol. The number of aromatic hydroxyl groups is 2. The molecule has 1 aliphatic heterocycles. The quantitative estimate of drug-likeness (QED) is 0.508. The highest BCUT2D eigenvalue weighted by Crippen LogP contribution is 2.39. The van der Waals surface area contributed by atoms with E-state index < -0.39 is 0 Å². The molecular formula is C18H23NO6. The summed E-state index contributed by atoms with van der Waals surface area (Å²) in [5.41, 5.74) is 2.00. The number of carbonyl (C=O) groups excluding carboxylic acids is 2. The average Bonchev–Trinajstić information content (AvgIpc) is 2.89. The summed E-state index contributed by atoms with van der Waals surface area (Å²) in [6, 6.07) is 1.36. The average molecular weight is 349 g/mol. The predicted octanol–water partition coefficient (Wildman–Crippen LogP) is 1.49. The summed E-state index contributed by atoms with van der Waals surface area (Å²) < 4.78 is 4.59. The van der Waals surface area contributed by atoms with Crippen LogP contribution in [0.4, 0.5) is 0 Å². The van der Waals surface area contributed by atoms with Crippen molar-refractivity contribution in [1.29, 1.82) is 0 Å². The largest absolute Gasteiger partial charge is 0.507 e. The van der Waals surface area contributed by atoms with E-state index in [-0.39, 0.29) is 61.5 Å². The molecule has 136 valence electrons. The monoisotopic (exact) mass is 349 g/mol. The Morgan fingerprint density at radius 1 is 1.36 bits per heavy atom. The van der Waals surface area contributed by atoms with Crippen LogP contribution in [0.3, 0.4) is 0 Å². The van der Waals surface area contributed by atoms with E-state index in [0.717, 1.165) is 5.57 Å². The Bertz CT molecular complexity index is 710. The maximum atomic E-state index is 12.2. The SMILES string of the molecule is COC(=O)CC/C(C)=C/Cc1c(O)cc2c(c1O)CN(CCO)C2=O. The number of ether oxygens (including phenoxy) is 1. The van der Waals surface area contributed by atoms with Gasteiger partial charge >= 0.3 is 5.97 Å². The lowest BCUT2D eigenvalue weighted by Gasteiger charge is -2.13. The van der Waals surface area contributed by atoms with E-state index in [1.54, 1.807) is 0 Å². The number of methoxy groups -OCH3 is 1. The van der Waals surface area contributed by atoms with Crippen molar-refractivity contribution in [3.63, 3.8) is 0 Å². The number of amides is 1. The van der Waals surface area contributed by atoms with Crippen LogP contribution in [0.5, 0.6) is 11.5 Å². The van der Waals surface area contributed by atoms with E-state index in [1.807, 2.05) is 13.0 Å². The molecule has 0 saturated heterocycles. The van der Waals surface area contributed by atoms with Gasteiger partial charge in [-0.1, -0.05) is 11.6 Å². The first-order valence-corrected chi connectivity index (χ1v) is 8.08. The Morgan fingerprint density at radius 2 is 2.08 bits per heavy atom. The number of hydrogen-bond acceptors (Lipinski definition) is 6. The number of aliphatic hydroxyl groups is 1. The normalized spacial score (nSPS) is 14.0. The van der Waals surface area contributed by atoms with Crippen molar-refractivity contribution in [2.24, 2.45) is 0 Å². The molecule has 1 aromatic rings. The molecule has 2 rings (SSSR count). The van der Waals surface area contributed by atoms with Crippen LogP contribution in [0.15, 0.2) is 17.7 Å². The van der Waals surface area contributed by atoms with Gasteiger partial charge in [-0.05, 0) is 25.8 Å². The zero-order chi connectivity index (χ0) is 18.6. The van der Waals surface area contributed by atoms with Crippen LogP contribution in [-0.4, -0.2) is 52.4 Å². The van der Waals surface area contributed by atoms with Gasteiger partial charge in [0.25, 0.3) is 5.91 Å². The first kappa shape index (κ1) is 18.8. The topological polar surface area (TPSA) is 107 Å². The number of allylic oxidation sites excluding steroid dienone is 2. The number of carbonyl (C=O) groups is 2. The van der Waals surface area contributed by atoms with Gasteiger partial charge in [-0.2, -0.15) is 0 Å². The molecule has 0 radical (unpaired) electrons. The van der Waals surface area contributed by atoms with Crippen LogP contribution >= 0.6 is 0 Å². The van der Waals surface area contributed by atoms with Gasteiger partial charge in [-0.3, -0.25) is 9.59 Å². The second-order valence-electron chi connectivity index (χ2n) is 6.03. The summed E-state index contributed by atoms with van der Waals surface area (Å²) in [6.07, 6.45) is 2.91. The molecule has 1 heterocycles. The van der Waals surface area contributed by atoms with Crippen LogP contribution in [0.2, 0.25) is 0 Å². The minimum atomic E-state index is -0.314. The number of nitrogens with zero attached hydrogens (tertiary/aromatic N) is 1. The third-order valence-electron chi connectivity index (χ3n) is 4.33. The lowest BCUT2D eigenvalue weighted by molar-refractivity contribution is -0.140. The van der Waals surface area contributed by atoms with Gasteiger partial charge in [0.1, 0.15) is 11.5 Å². The van der Waals surface area contributed by atoms with Crippen molar-refractivity contribution in [1.82, 2.24) is 4.90 Å². The van der Waals surface area contributed by atoms with Crippen LogP contribution < -0.4 is 0 Å². The Balaban J connectivity index is 2.17. The van der Waals surface area contributed by atoms with Crippen LogP contribution in [0.25, 0.3) is 0 Å². The number of hydrogen-bond donors (Lipinski definition) is 3. The molecule has 0 aliphatic carbocycles. The number of phenols is 2. The summed E-state index contributed by atoms with van der Waals surface area (Å²) in [4.78, 5) is 24.8. The highest BCUT2D eigenvalue weighted by atomic mass is 16.5. The maximum absolute atomic E-state index is 12.2. The lowest BCUT2D eigenvalue weighted by atomic mass is 9.99. The Morgan fingerprint density at radius 3 is 2.72 bits per heavy atom. The van der Waals surface area contributed by atoms with E-state index in [2.05, 4.69) is 4.74 Å². The van der Waals surface area contributed by atoms with Gasteiger partial charge in [-0.15, -0.1) is 0 Å². The number of aliphatic hydroxyl groups excluding tert-OH is 1. The molecule has 25 heavy (non-hydrogen) atoms. The lowest BCUT2D eigenvalue weighted by Crippen LogP contribution is -2.26. The molecule has 3 N–H and O–H groups in total. The van der Waals surface area contributed by atoms with Gasteiger partial charge < -0.3 is 25.0 Å².